The summed E-state index contributed by atoms with van der Waals surface area (Å²) in [6.45, 7) is 1.12. The number of rotatable bonds is 9. The Morgan fingerprint density at radius 2 is 1.12 bits per heavy atom. The number of halogens is 2. The second-order valence-corrected chi connectivity index (χ2v) is 9.83. The van der Waals surface area contributed by atoms with Crippen molar-refractivity contribution in [2.24, 2.45) is 42.9 Å². The Morgan fingerprint density at radius 3 is 1.48 bits per heavy atom. The van der Waals surface area contributed by atoms with Gasteiger partial charge in [0.15, 0.2) is 0 Å². The Labute approximate surface area is 259 Å². The van der Waals surface area contributed by atoms with Crippen LogP contribution in [0.5, 0.6) is 0 Å². The summed E-state index contributed by atoms with van der Waals surface area (Å²) >= 11 is 16.4. The highest BCUT2D eigenvalue weighted by Crippen LogP contribution is 2.13. The van der Waals surface area contributed by atoms with Gasteiger partial charge in [-0.1, -0.05) is 54.3 Å². The zero-order valence-corrected chi connectivity index (χ0v) is 25.2. The third kappa shape index (κ3) is 14.9. The molecule has 0 spiro atoms. The lowest BCUT2D eigenvalue weighted by Gasteiger charge is -2.05. The number of benzene rings is 2. The minimum atomic E-state index is 0.124. The zero-order chi connectivity index (χ0) is 30.7. The van der Waals surface area contributed by atoms with Crippen LogP contribution in [-0.2, 0) is 0 Å². The summed E-state index contributed by atoms with van der Waals surface area (Å²) in [6, 6.07) is 19.3. The van der Waals surface area contributed by atoms with Crippen LogP contribution in [0.1, 0.15) is 25.7 Å². The molecule has 0 aliphatic heterocycles. The molecule has 0 bridgehead atoms. The fraction of sp³-hybridized carbons (Fsp3) is 0.222. The Morgan fingerprint density at radius 1 is 0.690 bits per heavy atom. The Kier molecular flexibility index (Phi) is 15.3. The number of aliphatic imine (C=N–C) groups is 4. The lowest BCUT2D eigenvalue weighted by atomic mass is 10.2. The monoisotopic (exact) mass is 631 g/mol. The van der Waals surface area contributed by atoms with E-state index in [1.54, 1.807) is 66.7 Å². The van der Waals surface area contributed by atoms with Crippen molar-refractivity contribution in [3.05, 3.63) is 87.6 Å². The maximum atomic E-state index is 8.73. The molecule has 1 heterocycles. The fourth-order valence-corrected chi connectivity index (χ4v) is 3.51. The van der Waals surface area contributed by atoms with Crippen molar-refractivity contribution >= 4 is 70.6 Å². The van der Waals surface area contributed by atoms with Crippen LogP contribution in [0.25, 0.3) is 0 Å². The number of guanidine groups is 4. The second kappa shape index (κ2) is 18.9. The lowest BCUT2D eigenvalue weighted by Crippen LogP contribution is -2.26. The van der Waals surface area contributed by atoms with E-state index in [1.165, 1.54) is 6.20 Å². The Balaban J connectivity index is 0.000000661. The number of nitrogens with zero attached hydrogens (tertiary/aromatic N) is 5. The van der Waals surface area contributed by atoms with Crippen molar-refractivity contribution in [3.63, 3.8) is 0 Å². The van der Waals surface area contributed by atoms with E-state index >= 15 is 0 Å². The molecule has 224 valence electrons. The average Bonchev–Trinajstić information content (AvgIpc) is 2.94. The van der Waals surface area contributed by atoms with Gasteiger partial charge in [0.2, 0.25) is 23.8 Å². The number of aromatic nitrogens is 1. The van der Waals surface area contributed by atoms with Gasteiger partial charge in [-0.3, -0.25) is 9.98 Å². The lowest BCUT2D eigenvalue weighted by molar-refractivity contribution is 0.180. The summed E-state index contributed by atoms with van der Waals surface area (Å²) in [4.78, 5) is 16.5. The van der Waals surface area contributed by atoms with Gasteiger partial charge in [0.1, 0.15) is 4.64 Å². The highest BCUT2D eigenvalue weighted by Gasteiger charge is 1.99. The first kappa shape index (κ1) is 33.9. The molecule has 3 aromatic rings. The quantitative estimate of drug-likeness (QED) is 0.0573. The standard InChI is InChI=1S/C22H30Cl2N10.C5H5NOS/c23-15-5-9-17(10-6-15)31-21(27)33-19(25)29-13-3-1-2-4-14-30-20(26)34-22(28)32-18-11-7-16(24)8-12-18;7-6-4-2-1-3-5(6)8/h5-12H,1-4,13-14H2,(H5,25,27,29,31,33)(H5,26,28,30,32,34);1-4,7H. The number of unbranched alkanes of at least 4 members (excludes halogenated alkanes) is 3. The van der Waals surface area contributed by atoms with Crippen LogP contribution in [0.4, 0.5) is 11.4 Å². The Hall–Kier alpha value is -4.33. The molecule has 0 aliphatic carbocycles. The second-order valence-electron chi connectivity index (χ2n) is 8.54. The minimum absolute atomic E-state index is 0.124. The molecule has 12 nitrogen and oxygen atoms in total. The van der Waals surface area contributed by atoms with E-state index in [-0.39, 0.29) is 23.8 Å². The van der Waals surface area contributed by atoms with Crippen molar-refractivity contribution in [3.8, 4) is 0 Å². The molecule has 42 heavy (non-hydrogen) atoms. The van der Waals surface area contributed by atoms with Gasteiger partial charge in [-0.15, -0.1) is 0 Å². The predicted molar refractivity (Wildman–Crippen MR) is 177 cm³/mol. The molecule has 0 aliphatic rings. The van der Waals surface area contributed by atoms with E-state index in [0.29, 0.717) is 27.8 Å². The van der Waals surface area contributed by atoms with Gasteiger partial charge < -0.3 is 38.8 Å². The number of hydrogen-bond donors (Lipinski definition) is 7. The maximum absolute atomic E-state index is 8.73. The topological polar surface area (TPSA) is 203 Å². The first-order chi connectivity index (χ1) is 20.1. The van der Waals surface area contributed by atoms with Crippen molar-refractivity contribution in [2.75, 3.05) is 23.7 Å². The molecule has 15 heteroatoms. The summed E-state index contributed by atoms with van der Waals surface area (Å²) in [7, 11) is 0. The van der Waals surface area contributed by atoms with Gasteiger partial charge in [0.25, 0.3) is 0 Å². The summed E-state index contributed by atoms with van der Waals surface area (Å²) in [5.74, 6) is 0.564. The van der Waals surface area contributed by atoms with E-state index in [9.17, 15) is 0 Å². The first-order valence-corrected chi connectivity index (χ1v) is 14.0. The predicted octanol–water partition coefficient (Wildman–Crippen LogP) is 4.79. The number of anilines is 2. The van der Waals surface area contributed by atoms with Gasteiger partial charge in [-0.05, 0) is 73.5 Å². The van der Waals surface area contributed by atoms with Crippen LogP contribution >= 0.6 is 35.4 Å². The van der Waals surface area contributed by atoms with Crippen LogP contribution in [-0.4, -0.2) is 46.9 Å². The van der Waals surface area contributed by atoms with Gasteiger partial charge in [-0.25, -0.2) is 0 Å². The van der Waals surface area contributed by atoms with Crippen LogP contribution in [0.2, 0.25) is 10.0 Å². The largest absolute Gasteiger partial charge is 0.428 e. The van der Waals surface area contributed by atoms with Gasteiger partial charge >= 0.3 is 0 Å². The molecular weight excluding hydrogens is 597 g/mol. The van der Waals surface area contributed by atoms with Crippen LogP contribution in [0, 0.1) is 4.64 Å². The number of nitrogens with one attached hydrogen (secondary N) is 2. The number of nitrogens with two attached hydrogens (primary N) is 4. The molecule has 0 saturated heterocycles. The van der Waals surface area contributed by atoms with Gasteiger partial charge in [0.05, 0.1) is 0 Å². The molecule has 2 aromatic carbocycles. The van der Waals surface area contributed by atoms with Crippen LogP contribution in [0.15, 0.2) is 92.9 Å². The summed E-state index contributed by atoms with van der Waals surface area (Å²) in [6.07, 6.45) is 5.17. The van der Waals surface area contributed by atoms with Crippen molar-refractivity contribution in [1.82, 2.24) is 4.73 Å². The molecule has 0 radical (unpaired) electrons. The zero-order valence-electron chi connectivity index (χ0n) is 22.8. The van der Waals surface area contributed by atoms with Crippen molar-refractivity contribution in [2.45, 2.75) is 25.7 Å². The van der Waals surface area contributed by atoms with Crippen LogP contribution in [0.3, 0.4) is 0 Å². The molecule has 0 atom stereocenters. The summed E-state index contributed by atoms with van der Waals surface area (Å²) < 4.78 is 1.32. The minimum Gasteiger partial charge on any atom is -0.428 e. The summed E-state index contributed by atoms with van der Waals surface area (Å²) in [5, 5.41) is 15.8. The van der Waals surface area contributed by atoms with Crippen molar-refractivity contribution in [1.29, 1.82) is 0 Å². The molecule has 11 N–H and O–H groups in total. The van der Waals surface area contributed by atoms with Gasteiger partial charge in [-0.2, -0.15) is 14.7 Å². The van der Waals surface area contributed by atoms with Gasteiger partial charge in [0, 0.05) is 40.7 Å². The molecule has 1 aromatic heterocycles. The Bertz CT molecular complexity index is 1340. The maximum Gasteiger partial charge on any atom is 0.218 e. The molecule has 0 saturated carbocycles. The van der Waals surface area contributed by atoms with E-state index in [1.807, 2.05) is 0 Å². The molecule has 0 amide bonds. The van der Waals surface area contributed by atoms with Crippen LogP contribution < -0.4 is 33.6 Å². The molecule has 0 fully saturated rings. The SMILES string of the molecule is NC(=NCCCCCCN=C(N)N=C(N)Nc1ccc(Cl)cc1)N=C(N)Nc1ccc(Cl)cc1.On1ccccc1=S. The smallest absolute Gasteiger partial charge is 0.218 e. The number of pyridine rings is 1. The van der Waals surface area contributed by atoms with E-state index < -0.39 is 0 Å². The van der Waals surface area contributed by atoms with E-state index in [4.69, 9.17) is 51.3 Å². The molecule has 3 rings (SSSR count). The van der Waals surface area contributed by atoms with E-state index in [2.05, 4.69) is 42.8 Å². The highest BCUT2D eigenvalue weighted by molar-refractivity contribution is 7.71. The average molecular weight is 633 g/mol. The molecular formula is C27H35Cl2N11OS. The highest BCUT2D eigenvalue weighted by atomic mass is 35.5. The van der Waals surface area contributed by atoms with E-state index in [0.717, 1.165) is 41.8 Å². The third-order valence-corrected chi connectivity index (χ3v) is 5.95. The number of hydrogen-bond acceptors (Lipinski definition) is 4. The fourth-order valence-electron chi connectivity index (χ4n) is 3.12. The van der Waals surface area contributed by atoms with Crippen molar-refractivity contribution < 1.29 is 5.21 Å². The third-order valence-electron chi connectivity index (χ3n) is 5.12. The summed E-state index contributed by atoms with van der Waals surface area (Å²) in [5.41, 5.74) is 24.8. The molecule has 0 unspecified atom stereocenters. The first-order valence-electron chi connectivity index (χ1n) is 12.8. The normalized spacial score (nSPS) is 12.3.